The van der Waals surface area contributed by atoms with E-state index in [1.807, 2.05) is 13.1 Å². The van der Waals surface area contributed by atoms with Gasteiger partial charge in [-0.1, -0.05) is 58.6 Å². The Morgan fingerprint density at radius 2 is 1.68 bits per heavy atom. The Bertz CT molecular complexity index is 2070. The van der Waals surface area contributed by atoms with Crippen LogP contribution in [0.25, 0.3) is 0 Å². The molecule has 9 rings (SSSR count). The van der Waals surface area contributed by atoms with Gasteiger partial charge in [0, 0.05) is 48.4 Å². The Kier molecular flexibility index (Phi) is 15.2. The van der Waals surface area contributed by atoms with Crippen molar-refractivity contribution in [2.24, 2.45) is 79.6 Å². The van der Waals surface area contributed by atoms with E-state index >= 15 is 0 Å². The second kappa shape index (κ2) is 20.2. The number of H-pyrrole nitrogens is 1. The Labute approximate surface area is 420 Å². The number of fused-ring (bicyclic) bond motifs is 7. The third-order valence-corrected chi connectivity index (χ3v) is 22.3. The zero-order chi connectivity index (χ0) is 50.9. The molecular weight excluding hydrogens is 909 g/mol. The fraction of sp³-hybridized carbons (Fsp3) is 0.873. The number of amides is 1. The number of nitrogens with two attached hydrogens (primary N) is 1. The van der Waals surface area contributed by atoms with Crippen molar-refractivity contribution in [1.29, 1.82) is 0 Å². The Hall–Kier alpha value is -2.51. The van der Waals surface area contributed by atoms with Gasteiger partial charge >= 0.3 is 5.97 Å². The number of aliphatic hydroxyl groups is 7. The molecule has 0 bridgehead atoms. The second-order valence-electron chi connectivity index (χ2n) is 25.3. The third kappa shape index (κ3) is 8.32. The molecule has 0 aromatic carbocycles. The second-order valence-corrected chi connectivity index (χ2v) is 25.3. The third-order valence-electron chi connectivity index (χ3n) is 22.3. The molecule has 400 valence electrons. The number of aliphatic carboxylic acids is 1. The van der Waals surface area contributed by atoms with Crippen molar-refractivity contribution in [2.75, 3.05) is 33.0 Å². The number of carboxylic acid groups (broad SMARTS) is 1. The van der Waals surface area contributed by atoms with Crippen LogP contribution in [-0.2, 0) is 19.1 Å². The summed E-state index contributed by atoms with van der Waals surface area (Å²) in [7, 11) is 0. The van der Waals surface area contributed by atoms with Crippen molar-refractivity contribution in [1.82, 2.24) is 15.3 Å². The number of carbonyl (C=O) groups excluding carboxylic acids is 1. The number of rotatable bonds is 16. The topological polar surface area (TPSA) is 281 Å². The number of aromatic amines is 1. The highest BCUT2D eigenvalue weighted by Gasteiger charge is 2.76. The lowest BCUT2D eigenvalue weighted by molar-refractivity contribution is -0.350. The number of ether oxygens (including phenoxy) is 2. The highest BCUT2D eigenvalue weighted by atomic mass is 16.7. The van der Waals surface area contributed by atoms with Crippen LogP contribution in [0, 0.1) is 73.9 Å². The summed E-state index contributed by atoms with van der Waals surface area (Å²) in [6, 6.07) is -0.377. The van der Waals surface area contributed by atoms with E-state index in [9.17, 15) is 50.4 Å². The number of allylic oxidation sites excluding steroid dienone is 2. The minimum atomic E-state index is -1.63. The van der Waals surface area contributed by atoms with E-state index in [2.05, 4.69) is 42.1 Å². The number of carboxylic acids is 1. The molecule has 20 unspecified atom stereocenters. The summed E-state index contributed by atoms with van der Waals surface area (Å²) >= 11 is 0. The standard InChI is InChI=1S/C55H88N4O12/c1-50(28-61)18-20-54(49(68)69)21-19-52(3)35(37(54)25-50)14-15-41-53(52,4)17-16-40-51(2,29-62)46(71-48-45(66)44(65)39(63)27-70-48)43(64)36(55(40,41)31-10-6-5-7-11-31)24-34-32(13-9-23-60)47(67)59-42(34)33(12-8-22-56)38-26-57-30-58-38/h14,26,30-34,36-37,39-46,48,60-66H,5-13,15-25,27-29,56H2,1-4H3,(H,57,58)(H,59,67)(H,68,69). The van der Waals surface area contributed by atoms with Gasteiger partial charge in [0.05, 0.1) is 37.2 Å². The molecule has 1 amide bonds. The van der Waals surface area contributed by atoms with Gasteiger partial charge in [-0.15, -0.1) is 0 Å². The van der Waals surface area contributed by atoms with Crippen LogP contribution in [-0.4, -0.2) is 139 Å². The number of hydrogen-bond donors (Lipinski definition) is 11. The molecule has 71 heavy (non-hydrogen) atoms. The smallest absolute Gasteiger partial charge is 0.310 e. The molecule has 1 aromatic heterocycles. The van der Waals surface area contributed by atoms with Crippen LogP contribution in [0.4, 0.5) is 0 Å². The lowest BCUT2D eigenvalue weighted by Crippen LogP contribution is -2.75. The predicted octanol–water partition coefficient (Wildman–Crippen LogP) is 4.54. The van der Waals surface area contributed by atoms with E-state index in [-0.39, 0.29) is 73.9 Å². The van der Waals surface area contributed by atoms with Crippen molar-refractivity contribution in [3.63, 3.8) is 0 Å². The minimum absolute atomic E-state index is 0.00710. The number of aliphatic hydroxyl groups excluding tert-OH is 7. The van der Waals surface area contributed by atoms with Crippen LogP contribution in [0.5, 0.6) is 0 Å². The van der Waals surface area contributed by atoms with Crippen LogP contribution < -0.4 is 11.1 Å². The highest BCUT2D eigenvalue weighted by Crippen LogP contribution is 2.79. The lowest BCUT2D eigenvalue weighted by atomic mass is 9.29. The molecular formula is C55H88N4O12. The molecule has 5 saturated carbocycles. The molecule has 2 saturated heterocycles. The van der Waals surface area contributed by atoms with Crippen molar-refractivity contribution in [2.45, 2.75) is 192 Å². The monoisotopic (exact) mass is 997 g/mol. The first-order valence-corrected chi connectivity index (χ1v) is 27.6. The van der Waals surface area contributed by atoms with Gasteiger partial charge in [0.25, 0.3) is 0 Å². The van der Waals surface area contributed by atoms with Gasteiger partial charge in [-0.2, -0.15) is 0 Å². The quantitative estimate of drug-likeness (QED) is 0.0802. The van der Waals surface area contributed by atoms with Gasteiger partial charge in [0.1, 0.15) is 18.3 Å². The molecule has 2 aliphatic heterocycles. The maximum absolute atomic E-state index is 14.6. The van der Waals surface area contributed by atoms with Crippen LogP contribution in [0.3, 0.4) is 0 Å². The number of aromatic nitrogens is 2. The maximum Gasteiger partial charge on any atom is 0.310 e. The summed E-state index contributed by atoms with van der Waals surface area (Å²) in [5.74, 6) is -2.77. The SMILES string of the molecule is CC1(CO)CCC2(C(=O)O)CCC3(C)C(=CCC4C5(C6CCCCC6)C(CC6C(CCCO)C(=O)NC6C(CCCN)c6cnc[nH]6)C(O)C(OC6OCC(O)C(O)C6O)C(C)(CO)C5CCC43C)C2C1. The number of nitrogens with one attached hydrogen (secondary N) is 2. The Morgan fingerprint density at radius 1 is 0.930 bits per heavy atom. The largest absolute Gasteiger partial charge is 0.481 e. The van der Waals surface area contributed by atoms with Crippen LogP contribution in [0.15, 0.2) is 24.2 Å². The summed E-state index contributed by atoms with van der Waals surface area (Å²) in [4.78, 5) is 36.0. The van der Waals surface area contributed by atoms with Crippen LogP contribution >= 0.6 is 0 Å². The van der Waals surface area contributed by atoms with E-state index in [0.29, 0.717) is 83.6 Å². The van der Waals surface area contributed by atoms with Gasteiger partial charge in [-0.05, 0) is 160 Å². The zero-order valence-electron chi connectivity index (χ0n) is 42.9. The van der Waals surface area contributed by atoms with E-state index in [1.54, 1.807) is 6.33 Å². The minimum Gasteiger partial charge on any atom is -0.481 e. The lowest BCUT2D eigenvalue weighted by Gasteiger charge is -2.76. The summed E-state index contributed by atoms with van der Waals surface area (Å²) in [5, 5.41) is 94.6. The first-order chi connectivity index (χ1) is 33.9. The molecule has 16 heteroatoms. The maximum atomic E-state index is 14.6. The van der Waals surface area contributed by atoms with Gasteiger partial charge in [0.15, 0.2) is 6.29 Å². The number of carbonyl (C=O) groups is 2. The molecule has 12 N–H and O–H groups in total. The highest BCUT2D eigenvalue weighted by molar-refractivity contribution is 5.82. The molecule has 3 heterocycles. The summed E-state index contributed by atoms with van der Waals surface area (Å²) in [6.45, 7) is 8.68. The van der Waals surface area contributed by atoms with Crippen LogP contribution in [0.1, 0.15) is 155 Å². The Morgan fingerprint density at radius 3 is 2.34 bits per heavy atom. The summed E-state index contributed by atoms with van der Waals surface area (Å²) in [6.07, 6.45) is 10.3. The molecule has 0 radical (unpaired) electrons. The summed E-state index contributed by atoms with van der Waals surface area (Å²) in [5.41, 5.74) is 4.38. The average molecular weight is 997 g/mol. The molecule has 8 aliphatic rings. The fourth-order valence-electron chi connectivity index (χ4n) is 18.3. The number of imidazole rings is 1. The van der Waals surface area contributed by atoms with Crippen LogP contribution in [0.2, 0.25) is 0 Å². The van der Waals surface area contributed by atoms with E-state index in [1.165, 1.54) is 5.57 Å². The van der Waals surface area contributed by atoms with Crippen molar-refractivity contribution in [3.8, 4) is 0 Å². The fourth-order valence-corrected chi connectivity index (χ4v) is 18.3. The van der Waals surface area contributed by atoms with Gasteiger partial charge in [-0.3, -0.25) is 9.59 Å². The first kappa shape index (κ1) is 53.3. The van der Waals surface area contributed by atoms with E-state index in [4.69, 9.17) is 15.2 Å². The molecule has 20 atom stereocenters. The molecule has 7 fully saturated rings. The predicted molar refractivity (Wildman–Crippen MR) is 263 cm³/mol. The van der Waals surface area contributed by atoms with Crippen molar-refractivity contribution >= 4 is 11.9 Å². The average Bonchev–Trinajstić information content (AvgIpc) is 4.01. The van der Waals surface area contributed by atoms with Gasteiger partial charge in [0.2, 0.25) is 5.91 Å². The molecule has 0 spiro atoms. The zero-order valence-corrected chi connectivity index (χ0v) is 42.9. The summed E-state index contributed by atoms with van der Waals surface area (Å²) < 4.78 is 12.8. The van der Waals surface area contributed by atoms with E-state index in [0.717, 1.165) is 44.2 Å². The number of nitrogens with zero attached hydrogens (tertiary/aromatic N) is 1. The molecule has 6 aliphatic carbocycles. The Balaban J connectivity index is 1.25. The van der Waals surface area contributed by atoms with Crippen molar-refractivity contribution in [3.05, 3.63) is 29.9 Å². The number of hydrogen-bond acceptors (Lipinski definition) is 13. The first-order valence-electron chi connectivity index (χ1n) is 27.6. The van der Waals surface area contributed by atoms with Gasteiger partial charge < -0.3 is 66.4 Å². The van der Waals surface area contributed by atoms with Crippen molar-refractivity contribution < 1.29 is 59.9 Å². The molecule has 16 nitrogen and oxygen atoms in total. The normalized spacial score (nSPS) is 47.3. The van der Waals surface area contributed by atoms with Gasteiger partial charge in [-0.25, -0.2) is 4.98 Å². The molecule has 1 aromatic rings. The van der Waals surface area contributed by atoms with E-state index < -0.39 is 87.1 Å².